The number of ether oxygens (including phenoxy) is 3. The Morgan fingerprint density at radius 3 is 2.11 bits per heavy atom. The van der Waals surface area contributed by atoms with Crippen molar-refractivity contribution in [2.24, 2.45) is 46.3 Å². The van der Waals surface area contributed by atoms with Gasteiger partial charge in [0.05, 0.1) is 19.3 Å². The lowest BCUT2D eigenvalue weighted by molar-refractivity contribution is -0.111. The van der Waals surface area contributed by atoms with Gasteiger partial charge in [-0.1, -0.05) is 162 Å². The number of esters is 1. The molecule has 0 bridgehead atoms. The number of methoxy groups -OCH3 is 1. The van der Waals surface area contributed by atoms with Crippen LogP contribution in [0.4, 0.5) is 5.69 Å². The summed E-state index contributed by atoms with van der Waals surface area (Å²) in [6.45, 7) is 15.5. The Kier molecular flexibility index (Phi) is 20.2. The number of carbonyl (C=O) groups is 2. The minimum absolute atomic E-state index is 0.0949. The van der Waals surface area contributed by atoms with E-state index in [-0.39, 0.29) is 23.4 Å². The average Bonchev–Trinajstić information content (AvgIpc) is 3.67. The van der Waals surface area contributed by atoms with Crippen LogP contribution in [0.15, 0.2) is 60.2 Å². The molecule has 2 aromatic carbocycles. The first kappa shape index (κ1) is 51.8. The Morgan fingerprint density at radius 2 is 1.44 bits per heavy atom. The van der Waals surface area contributed by atoms with E-state index in [0.29, 0.717) is 29.0 Å². The van der Waals surface area contributed by atoms with E-state index >= 15 is 0 Å². The molecule has 2 aromatic rings. The zero-order chi connectivity index (χ0) is 46.9. The molecule has 0 aliphatic heterocycles. The van der Waals surface area contributed by atoms with Gasteiger partial charge in [0.2, 0.25) is 5.91 Å². The van der Waals surface area contributed by atoms with Crippen molar-refractivity contribution in [3.05, 3.63) is 71.3 Å². The Morgan fingerprint density at radius 1 is 0.758 bits per heavy atom. The number of nitrogens with one attached hydrogen (secondary N) is 1. The van der Waals surface area contributed by atoms with Crippen molar-refractivity contribution < 1.29 is 23.8 Å². The van der Waals surface area contributed by atoms with Gasteiger partial charge in [-0.05, 0) is 146 Å². The Labute approximate surface area is 402 Å². The van der Waals surface area contributed by atoms with Gasteiger partial charge in [0.1, 0.15) is 6.10 Å². The molecule has 66 heavy (non-hydrogen) atoms. The third-order valence-corrected chi connectivity index (χ3v) is 17.3. The standard InChI is InChI=1S/C60H91NO5/c1-8-9-10-11-12-13-14-15-16-17-18-19-20-21-41-65-55-35-25-46(42-56(55)64-7)26-36-57(62)61-49-30-27-47(28-31-49)58(63)66-50-37-39-59(5)48(43-50)29-32-51-53-34-33-52(45(4)24-22-23-44(2)3)60(53,6)40-38-54(51)59/h25-31,35-36,42,44-45,50-54H,8-24,32-34,37-41,43H2,1-7H3,(H,61,62)/b36-26+/t45-,50?,51+,52-,53+,54+,59+,60-/m1/s1. The van der Waals surface area contributed by atoms with Crippen molar-refractivity contribution in [3.8, 4) is 11.5 Å². The summed E-state index contributed by atoms with van der Waals surface area (Å²) < 4.78 is 17.9. The van der Waals surface area contributed by atoms with Gasteiger partial charge in [-0.15, -0.1) is 0 Å². The predicted molar refractivity (Wildman–Crippen MR) is 275 cm³/mol. The van der Waals surface area contributed by atoms with E-state index in [1.807, 2.05) is 18.2 Å². The number of allylic oxidation sites excluding steroid dienone is 1. The number of amides is 1. The van der Waals surface area contributed by atoms with Crippen molar-refractivity contribution >= 4 is 23.6 Å². The SMILES string of the molecule is CCCCCCCCCCCCCCCCOc1ccc(/C=C/C(=O)Nc2ccc(C(=O)OC3CC[C@@]4(C)C(=CC[C@H]5[C@@H]6CC[C@H]([C@H](C)CCCC(C)C)[C@@]6(C)CC[C@@H]54)C3)cc2)cc1OC. The number of benzene rings is 2. The van der Waals surface area contributed by atoms with Crippen LogP contribution in [0.5, 0.6) is 11.5 Å². The van der Waals surface area contributed by atoms with Crippen LogP contribution in [0.1, 0.15) is 218 Å². The Hall–Kier alpha value is -3.54. The van der Waals surface area contributed by atoms with Crippen molar-refractivity contribution in [1.82, 2.24) is 0 Å². The number of hydrogen-bond donors (Lipinski definition) is 1. The molecule has 1 N–H and O–H groups in total. The first-order valence-electron chi connectivity index (χ1n) is 27.3. The van der Waals surface area contributed by atoms with Crippen LogP contribution < -0.4 is 14.8 Å². The van der Waals surface area contributed by atoms with Crippen LogP contribution in [0, 0.1) is 46.3 Å². The molecule has 8 atom stereocenters. The van der Waals surface area contributed by atoms with Crippen LogP contribution in [-0.4, -0.2) is 31.7 Å². The van der Waals surface area contributed by atoms with E-state index in [2.05, 4.69) is 52.9 Å². The lowest BCUT2D eigenvalue weighted by Crippen LogP contribution is -2.51. The van der Waals surface area contributed by atoms with Crippen LogP contribution in [0.25, 0.3) is 6.08 Å². The molecule has 4 aliphatic carbocycles. The number of fused-ring (bicyclic) bond motifs is 5. The smallest absolute Gasteiger partial charge is 0.338 e. The van der Waals surface area contributed by atoms with Crippen molar-refractivity contribution in [2.45, 2.75) is 208 Å². The largest absolute Gasteiger partial charge is 0.493 e. The molecule has 1 amide bonds. The molecule has 0 radical (unpaired) electrons. The number of unbranched alkanes of at least 4 members (excludes halogenated alkanes) is 13. The van der Waals surface area contributed by atoms with E-state index in [1.165, 1.54) is 146 Å². The van der Waals surface area contributed by atoms with Crippen LogP contribution in [0.2, 0.25) is 0 Å². The third kappa shape index (κ3) is 14.0. The molecule has 1 unspecified atom stereocenters. The molecule has 0 aromatic heterocycles. The fraction of sp³-hybridized carbons (Fsp3) is 0.700. The summed E-state index contributed by atoms with van der Waals surface area (Å²) in [6.07, 6.45) is 38.2. The second-order valence-electron chi connectivity index (χ2n) is 22.3. The summed E-state index contributed by atoms with van der Waals surface area (Å²) >= 11 is 0. The van der Waals surface area contributed by atoms with Gasteiger partial charge in [-0.25, -0.2) is 4.79 Å². The van der Waals surface area contributed by atoms with Crippen LogP contribution >= 0.6 is 0 Å². The topological polar surface area (TPSA) is 73.9 Å². The predicted octanol–water partition coefficient (Wildman–Crippen LogP) is 16.8. The van der Waals surface area contributed by atoms with Gasteiger partial charge >= 0.3 is 5.97 Å². The van der Waals surface area contributed by atoms with Crippen molar-refractivity contribution in [3.63, 3.8) is 0 Å². The van der Waals surface area contributed by atoms with E-state index < -0.39 is 0 Å². The molecule has 3 fully saturated rings. The monoisotopic (exact) mass is 906 g/mol. The molecule has 6 rings (SSSR count). The third-order valence-electron chi connectivity index (χ3n) is 17.3. The molecule has 6 nitrogen and oxygen atoms in total. The summed E-state index contributed by atoms with van der Waals surface area (Å²) in [5, 5.41) is 2.92. The van der Waals surface area contributed by atoms with Gasteiger partial charge in [0, 0.05) is 18.2 Å². The fourth-order valence-electron chi connectivity index (χ4n) is 13.4. The zero-order valence-electron chi connectivity index (χ0n) is 42.7. The molecule has 0 spiro atoms. The lowest BCUT2D eigenvalue weighted by atomic mass is 9.47. The van der Waals surface area contributed by atoms with Crippen molar-refractivity contribution in [1.29, 1.82) is 0 Å². The van der Waals surface area contributed by atoms with Gasteiger partial charge in [0.15, 0.2) is 11.5 Å². The molecular formula is C60H91NO5. The van der Waals surface area contributed by atoms with E-state index in [9.17, 15) is 9.59 Å². The summed E-state index contributed by atoms with van der Waals surface area (Å²) in [5.74, 6) is 5.73. The normalized spacial score (nSPS) is 26.3. The van der Waals surface area contributed by atoms with Crippen LogP contribution in [0.3, 0.4) is 0 Å². The molecule has 0 saturated heterocycles. The average molecular weight is 906 g/mol. The Bertz CT molecular complexity index is 1860. The van der Waals surface area contributed by atoms with Gasteiger partial charge in [-0.3, -0.25) is 4.79 Å². The maximum atomic E-state index is 13.4. The second kappa shape index (κ2) is 25.7. The maximum Gasteiger partial charge on any atom is 0.338 e. The molecule has 4 aliphatic rings. The summed E-state index contributed by atoms with van der Waals surface area (Å²) in [5.41, 5.74) is 4.23. The first-order valence-corrected chi connectivity index (χ1v) is 27.3. The van der Waals surface area contributed by atoms with Crippen molar-refractivity contribution in [2.75, 3.05) is 19.0 Å². The zero-order valence-corrected chi connectivity index (χ0v) is 42.7. The van der Waals surface area contributed by atoms with Gasteiger partial charge < -0.3 is 19.5 Å². The van der Waals surface area contributed by atoms with Gasteiger partial charge in [0.25, 0.3) is 0 Å². The maximum absolute atomic E-state index is 13.4. The number of hydrogen-bond acceptors (Lipinski definition) is 5. The molecule has 6 heteroatoms. The highest BCUT2D eigenvalue weighted by atomic mass is 16.5. The van der Waals surface area contributed by atoms with E-state index in [4.69, 9.17) is 14.2 Å². The van der Waals surface area contributed by atoms with Gasteiger partial charge in [-0.2, -0.15) is 0 Å². The van der Waals surface area contributed by atoms with E-state index in [1.54, 1.807) is 37.5 Å². The first-order chi connectivity index (χ1) is 31.9. The fourth-order valence-corrected chi connectivity index (χ4v) is 13.4. The quantitative estimate of drug-likeness (QED) is 0.0418. The minimum Gasteiger partial charge on any atom is -0.493 e. The molecule has 3 saturated carbocycles. The molecule has 366 valence electrons. The molecular weight excluding hydrogens is 815 g/mol. The number of rotatable bonds is 27. The minimum atomic E-state index is -0.287. The van der Waals surface area contributed by atoms with Crippen LogP contribution in [-0.2, 0) is 9.53 Å². The van der Waals surface area contributed by atoms with E-state index in [0.717, 1.165) is 72.5 Å². The summed E-state index contributed by atoms with van der Waals surface area (Å²) in [4.78, 5) is 26.3. The number of anilines is 1. The highest BCUT2D eigenvalue weighted by Gasteiger charge is 2.59. The lowest BCUT2D eigenvalue weighted by Gasteiger charge is -2.58. The highest BCUT2D eigenvalue weighted by molar-refractivity contribution is 6.02. The number of carbonyl (C=O) groups excluding carboxylic acids is 2. The second-order valence-corrected chi connectivity index (χ2v) is 22.3. The Balaban J connectivity index is 0.888. The molecule has 0 heterocycles. The summed E-state index contributed by atoms with van der Waals surface area (Å²) in [6, 6.07) is 12.8. The summed E-state index contributed by atoms with van der Waals surface area (Å²) in [7, 11) is 1.64. The highest BCUT2D eigenvalue weighted by Crippen LogP contribution is 2.67.